The van der Waals surface area contributed by atoms with Crippen molar-refractivity contribution >= 4 is 17.6 Å². The summed E-state index contributed by atoms with van der Waals surface area (Å²) in [6.45, 7) is 11.9. The van der Waals surface area contributed by atoms with Gasteiger partial charge in [-0.2, -0.15) is 0 Å². The van der Waals surface area contributed by atoms with Crippen LogP contribution >= 0.6 is 11.6 Å². The molecule has 0 atom stereocenters. The molecule has 1 N–H and O–H groups in total. The number of halogens is 1. The highest BCUT2D eigenvalue weighted by Gasteiger charge is 2.07. The maximum absolute atomic E-state index is 12.2. The molecule has 5 nitrogen and oxygen atoms in total. The van der Waals surface area contributed by atoms with Crippen LogP contribution in [0.4, 0.5) is 0 Å². The van der Waals surface area contributed by atoms with Crippen LogP contribution < -0.4 is 0 Å². The lowest BCUT2D eigenvalue weighted by Gasteiger charge is -2.21. The van der Waals surface area contributed by atoms with Crippen molar-refractivity contribution in [2.75, 3.05) is 58.4 Å². The molecule has 0 heterocycles. The maximum atomic E-state index is 12.2. The molecule has 0 bridgehead atoms. The number of aliphatic hydroxyl groups excluding tert-OH is 1. The first kappa shape index (κ1) is 64.9. The summed E-state index contributed by atoms with van der Waals surface area (Å²) < 4.78 is 5.53. The second-order valence-corrected chi connectivity index (χ2v) is 20.3. The van der Waals surface area contributed by atoms with Crippen LogP contribution in [0.25, 0.3) is 0 Å². The fraction of sp³-hybridized carbons (Fsp3) is 0.883. The number of ether oxygens (including phenoxy) is 1. The van der Waals surface area contributed by atoms with Crippen LogP contribution in [-0.2, 0) is 9.53 Å². The Morgan fingerprint density at radius 3 is 1.12 bits per heavy atom. The van der Waals surface area contributed by atoms with Gasteiger partial charge in [0.25, 0.3) is 0 Å². The Bertz CT molecular complexity index is 1020. The van der Waals surface area contributed by atoms with Gasteiger partial charge in [0.2, 0.25) is 0 Å². The summed E-state index contributed by atoms with van der Waals surface area (Å²) in [4.78, 5) is 17.3. The quantitative estimate of drug-likeness (QED) is 0.0285. The minimum Gasteiger partial charge on any atom is -0.466 e. The van der Waals surface area contributed by atoms with Gasteiger partial charge in [-0.1, -0.05) is 217 Å². The second kappa shape index (κ2) is 58.2. The third-order valence-corrected chi connectivity index (χ3v) is 13.6. The highest BCUT2D eigenvalue weighted by Crippen LogP contribution is 2.15. The topological polar surface area (TPSA) is 53.0 Å². The van der Waals surface area contributed by atoms with E-state index >= 15 is 0 Å². The van der Waals surface area contributed by atoms with E-state index in [2.05, 4.69) is 60.1 Å². The van der Waals surface area contributed by atoms with Gasteiger partial charge in [0, 0.05) is 25.4 Å². The molecule has 0 amide bonds. The third kappa shape index (κ3) is 53.8. The van der Waals surface area contributed by atoms with E-state index in [1.807, 2.05) is 0 Å². The van der Waals surface area contributed by atoms with E-state index < -0.39 is 0 Å². The number of hydrogen-bond acceptors (Lipinski definition) is 5. The van der Waals surface area contributed by atoms with Gasteiger partial charge in [-0.25, -0.2) is 0 Å². The van der Waals surface area contributed by atoms with E-state index in [-0.39, 0.29) is 12.6 Å². The van der Waals surface area contributed by atoms with E-state index in [0.717, 1.165) is 57.7 Å². The standard InChI is InChI=1S/C60H115ClN2O3/c1-3-5-7-9-11-13-15-17-19-21-23-25-27-33-39-45-52-62(56-51-61)53-46-40-35-29-30-37-43-49-59-66-60(65)50-44-38-32-31-36-42-48-55-63(57-58-64)54-47-41-34-28-26-24-22-20-18-16-14-12-10-8-6-4-2/h11,13,17-20,64H,3-10,12,14-16,21-59H2,1-2H3/b13-11-,19-17-,20-18-. The predicted molar refractivity (Wildman–Crippen MR) is 294 cm³/mol. The van der Waals surface area contributed by atoms with Gasteiger partial charge in [0.05, 0.1) is 13.2 Å². The van der Waals surface area contributed by atoms with Crippen LogP contribution in [0.1, 0.15) is 284 Å². The van der Waals surface area contributed by atoms with Crippen molar-refractivity contribution in [2.24, 2.45) is 0 Å². The molecule has 66 heavy (non-hydrogen) atoms. The molecule has 0 aromatic heterocycles. The number of carbonyl (C=O) groups excluding carboxylic acids is 1. The Kier molecular flexibility index (Phi) is 57.2. The lowest BCUT2D eigenvalue weighted by Crippen LogP contribution is -2.29. The number of allylic oxidation sites excluding steroid dienone is 6. The van der Waals surface area contributed by atoms with Gasteiger partial charge in [-0.3, -0.25) is 4.79 Å². The normalized spacial score (nSPS) is 12.2. The summed E-state index contributed by atoms with van der Waals surface area (Å²) in [6, 6.07) is 0. The number of aliphatic hydroxyl groups is 1. The van der Waals surface area contributed by atoms with Gasteiger partial charge < -0.3 is 19.6 Å². The molecular weight excluding hydrogens is 832 g/mol. The predicted octanol–water partition coefficient (Wildman–Crippen LogP) is 18.5. The number of carbonyl (C=O) groups is 1. The van der Waals surface area contributed by atoms with Crippen molar-refractivity contribution in [1.82, 2.24) is 9.80 Å². The number of rotatable bonds is 56. The largest absolute Gasteiger partial charge is 0.466 e. The molecule has 0 saturated heterocycles. The first-order chi connectivity index (χ1) is 32.7. The first-order valence-corrected chi connectivity index (χ1v) is 29.9. The Balaban J connectivity index is 3.55. The van der Waals surface area contributed by atoms with Gasteiger partial charge in [0.1, 0.15) is 0 Å². The molecule has 0 aromatic rings. The van der Waals surface area contributed by atoms with E-state index in [1.165, 1.54) is 251 Å². The number of esters is 1. The molecule has 0 aliphatic rings. The van der Waals surface area contributed by atoms with Crippen LogP contribution in [0, 0.1) is 0 Å². The smallest absolute Gasteiger partial charge is 0.305 e. The Morgan fingerprint density at radius 2 is 0.712 bits per heavy atom. The van der Waals surface area contributed by atoms with Crippen molar-refractivity contribution in [3.8, 4) is 0 Å². The van der Waals surface area contributed by atoms with Crippen molar-refractivity contribution in [3.63, 3.8) is 0 Å². The zero-order chi connectivity index (χ0) is 47.7. The van der Waals surface area contributed by atoms with Crippen LogP contribution in [0.15, 0.2) is 36.5 Å². The van der Waals surface area contributed by atoms with E-state index in [4.69, 9.17) is 16.3 Å². The summed E-state index contributed by atoms with van der Waals surface area (Å²) in [5.41, 5.74) is 0. The average molecular weight is 948 g/mol. The van der Waals surface area contributed by atoms with Crippen molar-refractivity contribution in [3.05, 3.63) is 36.5 Å². The monoisotopic (exact) mass is 947 g/mol. The summed E-state index contributed by atoms with van der Waals surface area (Å²) >= 11 is 6.14. The van der Waals surface area contributed by atoms with Gasteiger partial charge >= 0.3 is 5.97 Å². The molecule has 0 radical (unpaired) electrons. The number of unbranched alkanes of at least 4 members (excludes halogenated alkanes) is 34. The van der Waals surface area contributed by atoms with E-state index in [0.29, 0.717) is 13.0 Å². The third-order valence-electron chi connectivity index (χ3n) is 13.5. The molecule has 0 saturated carbocycles. The van der Waals surface area contributed by atoms with Crippen LogP contribution in [-0.4, -0.2) is 79.2 Å². The molecule has 0 aliphatic heterocycles. The molecule has 390 valence electrons. The van der Waals surface area contributed by atoms with Crippen molar-refractivity contribution < 1.29 is 14.6 Å². The average Bonchev–Trinajstić information content (AvgIpc) is 3.32. The van der Waals surface area contributed by atoms with Gasteiger partial charge in [0.15, 0.2) is 0 Å². The lowest BCUT2D eigenvalue weighted by molar-refractivity contribution is -0.143. The Labute approximate surface area is 418 Å². The fourth-order valence-corrected chi connectivity index (χ4v) is 9.32. The number of alkyl halides is 1. The summed E-state index contributed by atoms with van der Waals surface area (Å²) in [5.74, 6) is 0.735. The highest BCUT2D eigenvalue weighted by atomic mass is 35.5. The van der Waals surface area contributed by atoms with Gasteiger partial charge in [-0.15, -0.1) is 11.6 Å². The minimum absolute atomic E-state index is 0.00466. The molecular formula is C60H115ClN2O3. The Hall–Kier alpha value is -1.14. The van der Waals surface area contributed by atoms with E-state index in [1.54, 1.807) is 0 Å². The zero-order valence-electron chi connectivity index (χ0n) is 44.6. The summed E-state index contributed by atoms with van der Waals surface area (Å²) in [5, 5.41) is 9.56. The lowest BCUT2D eigenvalue weighted by atomic mass is 10.1. The highest BCUT2D eigenvalue weighted by molar-refractivity contribution is 6.18. The van der Waals surface area contributed by atoms with Gasteiger partial charge in [-0.05, 0) is 122 Å². The van der Waals surface area contributed by atoms with E-state index in [9.17, 15) is 9.90 Å². The molecule has 0 fully saturated rings. The molecule has 0 spiro atoms. The number of hydrogen-bond donors (Lipinski definition) is 1. The molecule has 0 aliphatic carbocycles. The van der Waals surface area contributed by atoms with Crippen LogP contribution in [0.3, 0.4) is 0 Å². The molecule has 0 unspecified atom stereocenters. The maximum Gasteiger partial charge on any atom is 0.305 e. The van der Waals surface area contributed by atoms with Crippen molar-refractivity contribution in [1.29, 1.82) is 0 Å². The zero-order valence-corrected chi connectivity index (χ0v) is 45.3. The minimum atomic E-state index is -0.00466. The first-order valence-electron chi connectivity index (χ1n) is 29.4. The number of nitrogens with zero attached hydrogens (tertiary/aromatic N) is 2. The summed E-state index contributed by atoms with van der Waals surface area (Å²) in [7, 11) is 0. The molecule has 0 aromatic carbocycles. The molecule has 0 rings (SSSR count). The Morgan fingerprint density at radius 1 is 0.394 bits per heavy atom. The summed E-state index contributed by atoms with van der Waals surface area (Å²) in [6.07, 6.45) is 67.6. The van der Waals surface area contributed by atoms with Crippen LogP contribution in [0.2, 0.25) is 0 Å². The van der Waals surface area contributed by atoms with Crippen LogP contribution in [0.5, 0.6) is 0 Å². The fourth-order valence-electron chi connectivity index (χ4n) is 9.08. The molecule has 6 heteroatoms. The van der Waals surface area contributed by atoms with Crippen molar-refractivity contribution in [2.45, 2.75) is 284 Å². The SMILES string of the molecule is CCCCC/C=C\C/C=C\CCCCCCCCN(CCCl)CCCCCCCCCCOC(=O)CCCCCCCCCN(CCO)CCCCCCCC/C=C\CCCCCCCC. The second-order valence-electron chi connectivity index (χ2n) is 19.9.